The first-order valence-corrected chi connectivity index (χ1v) is 9.89. The van der Waals surface area contributed by atoms with Crippen molar-refractivity contribution in [1.29, 1.82) is 0 Å². The first-order chi connectivity index (χ1) is 14.4. The Kier molecular flexibility index (Phi) is 7.07. The normalized spacial score (nSPS) is 18.0. The molecule has 1 aliphatic heterocycles. The number of amides is 1. The number of carbonyl (C=O) groups excluding carboxylic acids is 3. The fraction of sp³-hybridized carbons (Fsp3) is 0.286. The van der Waals surface area contributed by atoms with Gasteiger partial charge in [0.2, 0.25) is 0 Å². The Bertz CT molecular complexity index is 934. The predicted molar refractivity (Wildman–Crippen MR) is 109 cm³/mol. The quantitative estimate of drug-likeness (QED) is 0.358. The first-order valence-electron chi connectivity index (χ1n) is 9.09. The van der Waals surface area contributed by atoms with E-state index in [0.717, 1.165) is 0 Å². The second-order valence-electron chi connectivity index (χ2n) is 6.52. The Balaban J connectivity index is 1.79. The van der Waals surface area contributed by atoms with E-state index in [-0.39, 0.29) is 18.9 Å². The van der Waals surface area contributed by atoms with Crippen LogP contribution in [-0.4, -0.2) is 55.7 Å². The number of halogens is 1. The molecular weight excluding hydrogens is 458 g/mol. The van der Waals surface area contributed by atoms with E-state index in [1.54, 1.807) is 48.5 Å². The minimum absolute atomic E-state index is 0.183. The maximum Gasteiger partial charge on any atom is 0.364 e. The highest BCUT2D eigenvalue weighted by Gasteiger charge is 2.42. The van der Waals surface area contributed by atoms with Gasteiger partial charge in [0.1, 0.15) is 17.9 Å². The molecule has 0 N–H and O–H groups in total. The summed E-state index contributed by atoms with van der Waals surface area (Å²) in [6, 6.07) is 12.6. The van der Waals surface area contributed by atoms with Gasteiger partial charge < -0.3 is 14.4 Å². The van der Waals surface area contributed by atoms with Gasteiger partial charge in [-0.25, -0.2) is 9.59 Å². The van der Waals surface area contributed by atoms with Gasteiger partial charge in [0.15, 0.2) is 0 Å². The zero-order valence-corrected chi connectivity index (χ0v) is 18.0. The van der Waals surface area contributed by atoms with Crippen LogP contribution < -0.4 is 4.74 Å². The second kappa shape index (κ2) is 9.73. The first kappa shape index (κ1) is 21.8. The fourth-order valence-corrected chi connectivity index (χ4v) is 3.71. The summed E-state index contributed by atoms with van der Waals surface area (Å²) in [5.41, 5.74) is 0.822. The van der Waals surface area contributed by atoms with E-state index in [9.17, 15) is 14.4 Å². The number of ether oxygens (including phenoxy) is 2. The Labute approximate surface area is 181 Å². The smallest absolute Gasteiger partial charge is 0.364 e. The Hall–Kier alpha value is -2.91. The number of esters is 1. The van der Waals surface area contributed by atoms with E-state index in [0.29, 0.717) is 21.3 Å². The van der Waals surface area contributed by atoms with Gasteiger partial charge in [-0.3, -0.25) is 9.68 Å². The van der Waals surface area contributed by atoms with Gasteiger partial charge in [0.05, 0.1) is 30.8 Å². The van der Waals surface area contributed by atoms with E-state index in [2.05, 4.69) is 25.7 Å². The molecule has 1 fully saturated rings. The summed E-state index contributed by atoms with van der Waals surface area (Å²) < 4.78 is 11.3. The van der Waals surface area contributed by atoms with Crippen LogP contribution in [0.25, 0.3) is 0 Å². The van der Waals surface area contributed by atoms with Crippen LogP contribution in [0.4, 0.5) is 0 Å². The molecule has 1 amide bonds. The molecule has 0 radical (unpaired) electrons. The SMILES string of the molecule is COOC(=O)[C@@H]1C[C@H](Oc2ccc(C(=O)OC)cc2Br)CN1C(=O)c1ccccc1. The van der Waals surface area contributed by atoms with Crippen molar-refractivity contribution in [2.24, 2.45) is 0 Å². The molecule has 0 unspecified atom stereocenters. The van der Waals surface area contributed by atoms with Crippen molar-refractivity contribution in [3.8, 4) is 5.75 Å². The molecule has 0 spiro atoms. The lowest BCUT2D eigenvalue weighted by atomic mass is 10.1. The second-order valence-corrected chi connectivity index (χ2v) is 7.38. The van der Waals surface area contributed by atoms with Crippen LogP contribution in [0.3, 0.4) is 0 Å². The van der Waals surface area contributed by atoms with Crippen molar-refractivity contribution in [3.63, 3.8) is 0 Å². The molecule has 30 heavy (non-hydrogen) atoms. The average Bonchev–Trinajstić information content (AvgIpc) is 3.18. The van der Waals surface area contributed by atoms with Crippen molar-refractivity contribution >= 4 is 33.8 Å². The third-order valence-electron chi connectivity index (χ3n) is 4.63. The largest absolute Gasteiger partial charge is 0.487 e. The van der Waals surface area contributed by atoms with Gasteiger partial charge in [-0.1, -0.05) is 18.2 Å². The van der Waals surface area contributed by atoms with Gasteiger partial charge in [0.25, 0.3) is 5.91 Å². The van der Waals surface area contributed by atoms with Gasteiger partial charge in [-0.15, -0.1) is 0 Å². The summed E-state index contributed by atoms with van der Waals surface area (Å²) in [5.74, 6) is -0.974. The Morgan fingerprint density at radius 1 is 1.03 bits per heavy atom. The molecule has 2 atom stereocenters. The summed E-state index contributed by atoms with van der Waals surface area (Å²) in [7, 11) is 2.53. The van der Waals surface area contributed by atoms with E-state index >= 15 is 0 Å². The molecule has 0 saturated carbocycles. The van der Waals surface area contributed by atoms with Crippen LogP contribution >= 0.6 is 15.9 Å². The molecule has 2 aromatic carbocycles. The number of rotatable bonds is 6. The van der Waals surface area contributed by atoms with Crippen LogP contribution in [0.15, 0.2) is 53.0 Å². The average molecular weight is 478 g/mol. The molecule has 0 bridgehead atoms. The molecule has 3 rings (SSSR count). The molecule has 1 saturated heterocycles. The summed E-state index contributed by atoms with van der Waals surface area (Å²) >= 11 is 3.38. The lowest BCUT2D eigenvalue weighted by Gasteiger charge is -2.22. The lowest BCUT2D eigenvalue weighted by Crippen LogP contribution is -2.41. The zero-order valence-electron chi connectivity index (χ0n) is 16.4. The van der Waals surface area contributed by atoms with E-state index in [4.69, 9.17) is 9.47 Å². The van der Waals surface area contributed by atoms with Crippen LogP contribution in [0.5, 0.6) is 5.75 Å². The standard InChI is InChI=1S/C21H20BrNO7/c1-27-20(25)14-8-9-18(16(22)10-14)29-15-11-17(21(26)30-28-2)23(12-15)19(24)13-6-4-3-5-7-13/h3-10,15,17H,11-12H2,1-2H3/t15-,17-/m0/s1. The van der Waals surface area contributed by atoms with E-state index in [1.165, 1.54) is 19.1 Å². The molecule has 1 aliphatic rings. The van der Waals surface area contributed by atoms with Gasteiger partial charge in [0, 0.05) is 12.0 Å². The Morgan fingerprint density at radius 3 is 2.40 bits per heavy atom. The van der Waals surface area contributed by atoms with Crippen molar-refractivity contribution < 1.29 is 33.6 Å². The van der Waals surface area contributed by atoms with Gasteiger partial charge >= 0.3 is 11.9 Å². The maximum atomic E-state index is 12.9. The van der Waals surface area contributed by atoms with Crippen molar-refractivity contribution in [2.45, 2.75) is 18.6 Å². The van der Waals surface area contributed by atoms with Gasteiger partial charge in [-0.2, -0.15) is 4.89 Å². The summed E-state index contributed by atoms with van der Waals surface area (Å²) in [6.45, 7) is 0.183. The number of benzene rings is 2. The molecule has 2 aromatic rings. The molecule has 8 nitrogen and oxygen atoms in total. The Morgan fingerprint density at radius 2 is 1.77 bits per heavy atom. The fourth-order valence-electron chi connectivity index (χ4n) is 3.24. The van der Waals surface area contributed by atoms with Crippen LogP contribution in [0.1, 0.15) is 27.1 Å². The third kappa shape index (κ3) is 4.80. The van der Waals surface area contributed by atoms with E-state index in [1.807, 2.05) is 0 Å². The predicted octanol–water partition coefficient (Wildman–Crippen LogP) is 3.00. The number of methoxy groups -OCH3 is 1. The number of hydrogen-bond donors (Lipinski definition) is 0. The maximum absolute atomic E-state index is 12.9. The highest BCUT2D eigenvalue weighted by molar-refractivity contribution is 9.10. The van der Waals surface area contributed by atoms with Crippen LogP contribution in [0.2, 0.25) is 0 Å². The topological polar surface area (TPSA) is 91.4 Å². The summed E-state index contributed by atoms with van der Waals surface area (Å²) in [5, 5.41) is 0. The molecule has 158 valence electrons. The molecule has 9 heteroatoms. The van der Waals surface area contributed by atoms with E-state index < -0.39 is 24.1 Å². The minimum Gasteiger partial charge on any atom is -0.487 e. The molecule has 1 heterocycles. The third-order valence-corrected chi connectivity index (χ3v) is 5.25. The summed E-state index contributed by atoms with van der Waals surface area (Å²) in [6.07, 6.45) is -0.237. The van der Waals surface area contributed by atoms with Crippen molar-refractivity contribution in [2.75, 3.05) is 20.8 Å². The highest BCUT2D eigenvalue weighted by atomic mass is 79.9. The zero-order chi connectivity index (χ0) is 21.7. The molecule has 0 aliphatic carbocycles. The van der Waals surface area contributed by atoms with Crippen LogP contribution in [0, 0.1) is 0 Å². The van der Waals surface area contributed by atoms with Crippen LogP contribution in [-0.2, 0) is 19.3 Å². The number of carbonyl (C=O) groups is 3. The van der Waals surface area contributed by atoms with Crippen molar-refractivity contribution in [1.82, 2.24) is 4.90 Å². The monoisotopic (exact) mass is 477 g/mol. The van der Waals surface area contributed by atoms with Crippen molar-refractivity contribution in [3.05, 3.63) is 64.1 Å². The minimum atomic E-state index is -0.851. The summed E-state index contributed by atoms with van der Waals surface area (Å²) in [4.78, 5) is 47.5. The number of hydrogen-bond acceptors (Lipinski definition) is 7. The number of likely N-dealkylation sites (tertiary alicyclic amines) is 1. The van der Waals surface area contributed by atoms with Gasteiger partial charge in [-0.05, 0) is 46.3 Å². The number of nitrogens with zero attached hydrogens (tertiary/aromatic N) is 1. The molecular formula is C21H20BrNO7. The molecule has 0 aromatic heterocycles. The lowest BCUT2D eigenvalue weighted by molar-refractivity contribution is -0.258. The highest BCUT2D eigenvalue weighted by Crippen LogP contribution is 2.31.